The summed E-state index contributed by atoms with van der Waals surface area (Å²) in [5.41, 5.74) is 3.55. The van der Waals surface area contributed by atoms with Gasteiger partial charge in [-0.2, -0.15) is 0 Å². The van der Waals surface area contributed by atoms with Crippen LogP contribution in [0.2, 0.25) is 6.55 Å². The van der Waals surface area contributed by atoms with Crippen molar-refractivity contribution in [1.29, 1.82) is 0 Å². The van der Waals surface area contributed by atoms with Gasteiger partial charge in [-0.15, -0.1) is 0 Å². The molecule has 5 heteroatoms. The molecule has 94 valence electrons. The third-order valence-electron chi connectivity index (χ3n) is 1.88. The maximum atomic E-state index is 11.0. The van der Waals surface area contributed by atoms with Crippen molar-refractivity contribution in [3.63, 3.8) is 0 Å². The van der Waals surface area contributed by atoms with Crippen molar-refractivity contribution in [2.45, 2.75) is 20.4 Å². The van der Waals surface area contributed by atoms with E-state index in [9.17, 15) is 9.59 Å². The van der Waals surface area contributed by atoms with E-state index in [0.29, 0.717) is 0 Å². The Morgan fingerprint density at radius 3 is 2.00 bits per heavy atom. The zero-order valence-electron chi connectivity index (χ0n) is 10.5. The molecule has 4 nitrogen and oxygen atoms in total. The smallest absolute Gasteiger partial charge is 0.476 e. The molecular weight excluding hydrogens is 248 g/mol. The van der Waals surface area contributed by atoms with Gasteiger partial charge in [0.25, 0.3) is 11.9 Å². The fourth-order valence-electron chi connectivity index (χ4n) is 1.33. The maximum absolute atomic E-state index is 11.0. The van der Waals surface area contributed by atoms with Crippen LogP contribution in [-0.4, -0.2) is 20.5 Å². The lowest BCUT2D eigenvalue weighted by Crippen LogP contribution is -2.40. The van der Waals surface area contributed by atoms with Crippen LogP contribution in [0.4, 0.5) is 0 Å². The van der Waals surface area contributed by atoms with Crippen molar-refractivity contribution < 1.29 is 18.4 Å². The van der Waals surface area contributed by atoms with Gasteiger partial charge in [0, 0.05) is 26.0 Å². The fraction of sp³-hybridized carbons (Fsp3) is 0.231. The average molecular weight is 262 g/mol. The van der Waals surface area contributed by atoms with E-state index in [-0.39, 0.29) is 0 Å². The lowest BCUT2D eigenvalue weighted by Gasteiger charge is -2.18. The molecule has 0 spiro atoms. The molecule has 0 aromatic heterocycles. The molecule has 1 aromatic rings. The quantitative estimate of drug-likeness (QED) is 0.602. The lowest BCUT2D eigenvalue weighted by molar-refractivity contribution is -0.138. The molecule has 0 aliphatic rings. The second-order valence-electron chi connectivity index (χ2n) is 3.75. The molecule has 0 heterocycles. The highest BCUT2D eigenvalue weighted by atomic mass is 28.4. The second kappa shape index (κ2) is 6.03. The summed E-state index contributed by atoms with van der Waals surface area (Å²) in [7, 11) is -3.12. The van der Waals surface area contributed by atoms with Crippen LogP contribution in [-0.2, 0) is 18.4 Å². The van der Waals surface area contributed by atoms with Gasteiger partial charge < -0.3 is 8.85 Å². The van der Waals surface area contributed by atoms with Gasteiger partial charge in [-0.05, 0) is 17.7 Å². The Kier molecular flexibility index (Phi) is 4.69. The van der Waals surface area contributed by atoms with Crippen LogP contribution in [0, 0.1) is 11.5 Å². The normalized spacial score (nSPS) is 9.94. The summed E-state index contributed by atoms with van der Waals surface area (Å²) in [4.78, 5) is 22.0. The van der Waals surface area contributed by atoms with E-state index in [4.69, 9.17) is 8.85 Å². The molecule has 0 aliphatic carbocycles. The van der Waals surface area contributed by atoms with Gasteiger partial charge in [0.2, 0.25) is 0 Å². The minimum Gasteiger partial charge on any atom is -0.476 e. The maximum Gasteiger partial charge on any atom is 0.549 e. The lowest BCUT2D eigenvalue weighted by atomic mass is 10.2. The first-order valence-corrected chi connectivity index (χ1v) is 7.70. The van der Waals surface area contributed by atoms with E-state index in [2.05, 4.69) is 11.5 Å². The summed E-state index contributed by atoms with van der Waals surface area (Å²) in [6.45, 7) is 4.09. The van der Waals surface area contributed by atoms with Crippen LogP contribution < -0.4 is 0 Å². The fourth-order valence-corrected chi connectivity index (χ4v) is 2.94. The summed E-state index contributed by atoms with van der Waals surface area (Å²) in [6.07, 6.45) is 0. The Morgan fingerprint density at radius 1 is 1.06 bits per heavy atom. The first-order valence-electron chi connectivity index (χ1n) is 5.39. The highest BCUT2D eigenvalue weighted by molar-refractivity contribution is 6.77. The third-order valence-corrected chi connectivity index (χ3v) is 3.82. The summed E-state index contributed by atoms with van der Waals surface area (Å²) >= 11 is 0. The highest BCUT2D eigenvalue weighted by Gasteiger charge is 2.36. The van der Waals surface area contributed by atoms with Crippen molar-refractivity contribution >= 4 is 20.5 Å². The van der Waals surface area contributed by atoms with Gasteiger partial charge in [0.15, 0.2) is 0 Å². The van der Waals surface area contributed by atoms with Gasteiger partial charge in [-0.3, -0.25) is 9.59 Å². The van der Waals surface area contributed by atoms with Gasteiger partial charge in [-0.25, -0.2) is 0 Å². The summed E-state index contributed by atoms with van der Waals surface area (Å²) in [5.74, 6) is 1.84. The molecule has 0 aliphatic heterocycles. The van der Waals surface area contributed by atoms with Gasteiger partial charge in [0.1, 0.15) is 0 Å². The Balaban J connectivity index is 2.95. The van der Waals surface area contributed by atoms with E-state index in [1.165, 1.54) is 13.8 Å². The van der Waals surface area contributed by atoms with Crippen LogP contribution in [0.3, 0.4) is 0 Å². The van der Waals surface area contributed by atoms with Crippen molar-refractivity contribution in [2.75, 3.05) is 0 Å². The van der Waals surface area contributed by atoms with E-state index in [1.807, 2.05) is 30.3 Å². The minimum atomic E-state index is -3.12. The van der Waals surface area contributed by atoms with Crippen LogP contribution in [0.1, 0.15) is 19.4 Å². The Hall–Kier alpha value is -2.06. The van der Waals surface area contributed by atoms with Gasteiger partial charge in [0.05, 0.1) is 0 Å². The first kappa shape index (κ1) is 14.0. The molecule has 1 rings (SSSR count). The monoisotopic (exact) mass is 262 g/mol. The summed E-state index contributed by atoms with van der Waals surface area (Å²) in [6, 6.07) is 9.22. The highest BCUT2D eigenvalue weighted by Crippen LogP contribution is 2.07. The molecule has 18 heavy (non-hydrogen) atoms. The van der Waals surface area contributed by atoms with Crippen LogP contribution in [0.15, 0.2) is 30.3 Å². The van der Waals surface area contributed by atoms with E-state index in [0.717, 1.165) is 5.56 Å². The SMILES string of the molecule is CC(=O)O[Si](C)(C#Cc1ccccc1)OC(C)=O. The van der Waals surface area contributed by atoms with Crippen LogP contribution >= 0.6 is 0 Å². The standard InChI is InChI=1S/C13H14O4Si/c1-11(14)16-18(3,17-12(2)15)10-9-13-7-5-4-6-8-13/h4-8H,1-3H3. The molecule has 0 atom stereocenters. The Labute approximate surface area is 107 Å². The number of rotatable bonds is 2. The van der Waals surface area contributed by atoms with Gasteiger partial charge >= 0.3 is 8.56 Å². The number of carbonyl (C=O) groups is 2. The molecule has 0 saturated carbocycles. The topological polar surface area (TPSA) is 52.6 Å². The molecular formula is C13H14O4Si. The number of carbonyl (C=O) groups excluding carboxylic acids is 2. The second-order valence-corrected chi connectivity index (χ2v) is 6.30. The van der Waals surface area contributed by atoms with E-state index < -0.39 is 20.5 Å². The van der Waals surface area contributed by atoms with Crippen LogP contribution in [0.25, 0.3) is 0 Å². The zero-order valence-corrected chi connectivity index (χ0v) is 11.5. The molecule has 0 unspecified atom stereocenters. The van der Waals surface area contributed by atoms with Crippen molar-refractivity contribution in [3.8, 4) is 11.5 Å². The molecule has 0 fully saturated rings. The Bertz CT molecular complexity index is 483. The largest absolute Gasteiger partial charge is 0.549 e. The van der Waals surface area contributed by atoms with Crippen molar-refractivity contribution in [2.24, 2.45) is 0 Å². The number of hydrogen-bond donors (Lipinski definition) is 0. The minimum absolute atomic E-state index is 0.507. The summed E-state index contributed by atoms with van der Waals surface area (Å²) < 4.78 is 10.1. The molecule has 0 saturated heterocycles. The Morgan fingerprint density at radius 2 is 1.56 bits per heavy atom. The third kappa shape index (κ3) is 4.85. The van der Waals surface area contributed by atoms with Crippen molar-refractivity contribution in [1.82, 2.24) is 0 Å². The van der Waals surface area contributed by atoms with Crippen LogP contribution in [0.5, 0.6) is 0 Å². The molecule has 0 N–H and O–H groups in total. The molecule has 0 amide bonds. The van der Waals surface area contributed by atoms with E-state index >= 15 is 0 Å². The average Bonchev–Trinajstić information content (AvgIpc) is 2.26. The number of benzene rings is 1. The molecule has 0 radical (unpaired) electrons. The van der Waals surface area contributed by atoms with Crippen molar-refractivity contribution in [3.05, 3.63) is 35.9 Å². The number of hydrogen-bond acceptors (Lipinski definition) is 4. The van der Waals surface area contributed by atoms with E-state index in [1.54, 1.807) is 6.55 Å². The first-order chi connectivity index (χ1) is 8.41. The van der Waals surface area contributed by atoms with Gasteiger partial charge in [-0.1, -0.05) is 24.1 Å². The zero-order chi connectivity index (χ0) is 13.6. The summed E-state index contributed by atoms with van der Waals surface area (Å²) in [5, 5.41) is 0. The molecule has 0 bridgehead atoms. The predicted octanol–water partition coefficient (Wildman–Crippen LogP) is 1.78. The predicted molar refractivity (Wildman–Crippen MR) is 68.5 cm³/mol. The molecule has 1 aromatic carbocycles.